The Morgan fingerprint density at radius 1 is 0.861 bits per heavy atom. The summed E-state index contributed by atoms with van der Waals surface area (Å²) < 4.78 is 5.65. The molecule has 6 nitrogen and oxygen atoms in total. The molecule has 4 aromatic carbocycles. The average Bonchev–Trinajstić information content (AvgIpc) is 2.86. The zero-order chi connectivity index (χ0) is 25.5. The van der Waals surface area contributed by atoms with E-state index in [1.54, 1.807) is 55.5 Å². The van der Waals surface area contributed by atoms with Gasteiger partial charge in [-0.3, -0.25) is 9.59 Å². The van der Waals surface area contributed by atoms with Gasteiger partial charge in [-0.15, -0.1) is 0 Å². The fourth-order valence-corrected chi connectivity index (χ4v) is 4.03. The first-order chi connectivity index (χ1) is 17.4. The maximum absolute atomic E-state index is 12.5. The van der Waals surface area contributed by atoms with Crippen LogP contribution in [0.5, 0.6) is 5.75 Å². The Labute approximate surface area is 219 Å². The first-order valence-electron chi connectivity index (χ1n) is 11.3. The molecule has 182 valence electrons. The molecule has 4 rings (SSSR count). The number of carbonyl (C=O) groups is 2. The van der Waals surface area contributed by atoms with Crippen LogP contribution in [-0.4, -0.2) is 23.0 Å². The number of hydrogen-bond donors (Lipinski definition) is 3. The van der Waals surface area contributed by atoms with Crippen LogP contribution >= 0.6 is 23.8 Å². The van der Waals surface area contributed by atoms with Crippen molar-refractivity contribution in [2.24, 2.45) is 0 Å². The monoisotopic (exact) mass is 517 g/mol. The van der Waals surface area contributed by atoms with Crippen LogP contribution < -0.4 is 20.7 Å². The molecule has 8 heteroatoms. The number of rotatable bonds is 7. The lowest BCUT2D eigenvalue weighted by atomic mass is 10.0. The van der Waals surface area contributed by atoms with Gasteiger partial charge in [-0.25, -0.2) is 0 Å². The molecule has 1 unspecified atom stereocenters. The van der Waals surface area contributed by atoms with Gasteiger partial charge in [0.15, 0.2) is 11.2 Å². The lowest BCUT2D eigenvalue weighted by molar-refractivity contribution is -0.122. The Morgan fingerprint density at radius 2 is 1.50 bits per heavy atom. The highest BCUT2D eigenvalue weighted by molar-refractivity contribution is 7.80. The van der Waals surface area contributed by atoms with Gasteiger partial charge in [-0.1, -0.05) is 66.2 Å². The third kappa shape index (κ3) is 6.59. The molecule has 0 radical (unpaired) electrons. The van der Waals surface area contributed by atoms with E-state index >= 15 is 0 Å². The fourth-order valence-electron chi connectivity index (χ4n) is 3.62. The third-order valence-corrected chi connectivity index (χ3v) is 5.92. The summed E-state index contributed by atoms with van der Waals surface area (Å²) in [7, 11) is 0. The van der Waals surface area contributed by atoms with Crippen LogP contribution in [0, 0.1) is 0 Å². The second kappa shape index (κ2) is 11.7. The first kappa shape index (κ1) is 25.2. The number of fused-ring (bicyclic) bond motifs is 1. The van der Waals surface area contributed by atoms with Crippen molar-refractivity contribution in [3.63, 3.8) is 0 Å². The van der Waals surface area contributed by atoms with Crippen molar-refractivity contribution in [2.45, 2.75) is 19.4 Å². The zero-order valence-corrected chi connectivity index (χ0v) is 21.0. The van der Waals surface area contributed by atoms with Gasteiger partial charge >= 0.3 is 0 Å². The van der Waals surface area contributed by atoms with Crippen molar-refractivity contribution >= 4 is 62.9 Å². The molecule has 4 aromatic rings. The molecular weight excluding hydrogens is 494 g/mol. The Morgan fingerprint density at radius 3 is 2.25 bits per heavy atom. The molecule has 0 aliphatic carbocycles. The largest absolute Gasteiger partial charge is 0.479 e. The Bertz CT molecular complexity index is 1400. The van der Waals surface area contributed by atoms with E-state index in [0.717, 1.165) is 16.3 Å². The number of hydrogen-bond acceptors (Lipinski definition) is 4. The van der Waals surface area contributed by atoms with Crippen LogP contribution in [0.25, 0.3) is 10.8 Å². The summed E-state index contributed by atoms with van der Waals surface area (Å²) in [5.74, 6) is -0.0792. The van der Waals surface area contributed by atoms with Crippen molar-refractivity contribution < 1.29 is 14.3 Å². The van der Waals surface area contributed by atoms with Gasteiger partial charge in [-0.05, 0) is 71.9 Å². The van der Waals surface area contributed by atoms with Crippen LogP contribution in [0.2, 0.25) is 5.02 Å². The summed E-state index contributed by atoms with van der Waals surface area (Å²) in [4.78, 5) is 25.0. The van der Waals surface area contributed by atoms with Gasteiger partial charge in [0, 0.05) is 11.4 Å². The number of para-hydroxylation sites is 1. The average molecular weight is 518 g/mol. The third-order valence-electron chi connectivity index (χ3n) is 5.40. The van der Waals surface area contributed by atoms with E-state index in [-0.39, 0.29) is 23.3 Å². The van der Waals surface area contributed by atoms with E-state index < -0.39 is 6.10 Å². The molecule has 2 amide bonds. The highest BCUT2D eigenvalue weighted by Crippen LogP contribution is 2.24. The second-order valence-electron chi connectivity index (χ2n) is 8.07. The van der Waals surface area contributed by atoms with Crippen molar-refractivity contribution in [1.29, 1.82) is 0 Å². The summed E-state index contributed by atoms with van der Waals surface area (Å²) in [6.07, 6.45) is -0.532. The van der Waals surface area contributed by atoms with Crippen LogP contribution in [0.1, 0.15) is 12.5 Å². The van der Waals surface area contributed by atoms with E-state index in [4.69, 9.17) is 28.6 Å². The lowest BCUT2D eigenvalue weighted by Gasteiger charge is -2.16. The highest BCUT2D eigenvalue weighted by Gasteiger charge is 2.16. The summed E-state index contributed by atoms with van der Waals surface area (Å²) in [6, 6.07) is 27.7. The molecule has 36 heavy (non-hydrogen) atoms. The van der Waals surface area contributed by atoms with E-state index in [9.17, 15) is 9.59 Å². The zero-order valence-electron chi connectivity index (χ0n) is 19.5. The highest BCUT2D eigenvalue weighted by atomic mass is 35.5. The minimum atomic E-state index is -0.743. The SMILES string of the molecule is CC(Oc1ccccc1Cl)C(=O)Nc1ccc(NC(=S)NC(=O)Cc2cccc3ccccc23)cc1. The first-order valence-corrected chi connectivity index (χ1v) is 12.1. The van der Waals surface area contributed by atoms with Crippen molar-refractivity contribution in [1.82, 2.24) is 5.32 Å². The number of amides is 2. The second-order valence-corrected chi connectivity index (χ2v) is 8.89. The summed E-state index contributed by atoms with van der Waals surface area (Å²) >= 11 is 11.4. The topological polar surface area (TPSA) is 79.5 Å². The molecule has 0 bridgehead atoms. The van der Waals surface area contributed by atoms with Gasteiger partial charge in [0.2, 0.25) is 5.91 Å². The van der Waals surface area contributed by atoms with Crippen LogP contribution in [0.15, 0.2) is 91.0 Å². The molecule has 0 aliphatic rings. The number of thiocarbonyl (C=S) groups is 1. The molecule has 0 heterocycles. The number of carbonyl (C=O) groups excluding carboxylic acids is 2. The van der Waals surface area contributed by atoms with Gasteiger partial charge in [0.25, 0.3) is 5.91 Å². The summed E-state index contributed by atoms with van der Waals surface area (Å²) in [6.45, 7) is 1.65. The number of anilines is 2. The van der Waals surface area contributed by atoms with E-state index in [1.807, 2.05) is 42.5 Å². The summed E-state index contributed by atoms with van der Waals surface area (Å²) in [5, 5.41) is 11.3. The summed E-state index contributed by atoms with van der Waals surface area (Å²) in [5.41, 5.74) is 2.19. The maximum atomic E-state index is 12.5. The van der Waals surface area contributed by atoms with Crippen molar-refractivity contribution in [3.8, 4) is 5.75 Å². The fraction of sp³-hybridized carbons (Fsp3) is 0.107. The minimum Gasteiger partial charge on any atom is -0.479 e. The molecule has 0 aromatic heterocycles. The van der Waals surface area contributed by atoms with Crippen LogP contribution in [0.4, 0.5) is 11.4 Å². The van der Waals surface area contributed by atoms with E-state index in [1.165, 1.54) is 0 Å². The molecular formula is C28H24ClN3O3S. The standard InChI is InChI=1S/C28H24ClN3O3S/c1-18(35-25-12-5-4-11-24(25)29)27(34)30-21-13-15-22(16-14-21)31-28(36)32-26(33)17-20-9-6-8-19-7-2-3-10-23(19)20/h2-16,18H,17H2,1H3,(H,30,34)(H2,31,32,33,36). The van der Waals surface area contributed by atoms with Crippen LogP contribution in [-0.2, 0) is 16.0 Å². The number of halogens is 1. The number of ether oxygens (including phenoxy) is 1. The molecule has 0 saturated carbocycles. The van der Waals surface area contributed by atoms with Crippen molar-refractivity contribution in [2.75, 3.05) is 10.6 Å². The smallest absolute Gasteiger partial charge is 0.265 e. The Balaban J connectivity index is 1.28. The van der Waals surface area contributed by atoms with Gasteiger partial charge in [0.1, 0.15) is 5.75 Å². The molecule has 1 atom stereocenters. The maximum Gasteiger partial charge on any atom is 0.265 e. The molecule has 0 spiro atoms. The number of benzene rings is 4. The Hall–Kier alpha value is -3.94. The van der Waals surface area contributed by atoms with Crippen LogP contribution in [0.3, 0.4) is 0 Å². The number of nitrogens with one attached hydrogen (secondary N) is 3. The lowest BCUT2D eigenvalue weighted by Crippen LogP contribution is -2.35. The van der Waals surface area contributed by atoms with E-state index in [2.05, 4.69) is 16.0 Å². The van der Waals surface area contributed by atoms with Gasteiger partial charge < -0.3 is 20.7 Å². The molecule has 0 saturated heterocycles. The van der Waals surface area contributed by atoms with Gasteiger partial charge in [-0.2, -0.15) is 0 Å². The Kier molecular flexibility index (Phi) is 8.15. The molecule has 0 fully saturated rings. The van der Waals surface area contributed by atoms with Gasteiger partial charge in [0.05, 0.1) is 11.4 Å². The predicted octanol–water partition coefficient (Wildman–Crippen LogP) is 5.95. The molecule has 0 aliphatic heterocycles. The molecule has 3 N–H and O–H groups in total. The minimum absolute atomic E-state index is 0.193. The van der Waals surface area contributed by atoms with E-state index in [0.29, 0.717) is 22.1 Å². The van der Waals surface area contributed by atoms with Crippen molar-refractivity contribution in [3.05, 3.63) is 102 Å². The predicted molar refractivity (Wildman–Crippen MR) is 149 cm³/mol. The normalized spacial score (nSPS) is 11.4. The quantitative estimate of drug-likeness (QED) is 0.264.